The van der Waals surface area contributed by atoms with Gasteiger partial charge in [0.1, 0.15) is 0 Å². The fourth-order valence-electron chi connectivity index (χ4n) is 4.37. The van der Waals surface area contributed by atoms with E-state index in [0.29, 0.717) is 12.0 Å². The monoisotopic (exact) mass is 318 g/mol. The molecule has 0 aliphatic carbocycles. The maximum atomic E-state index is 5.83. The van der Waals surface area contributed by atoms with Crippen LogP contribution in [0.5, 0.6) is 0 Å². The maximum absolute atomic E-state index is 5.83. The Bertz CT molecular complexity index is 554. The average molecular weight is 319 g/mol. The van der Waals surface area contributed by atoms with Crippen molar-refractivity contribution in [3.63, 3.8) is 0 Å². The quantitative estimate of drug-likeness (QED) is 0.742. The number of anilines is 1. The van der Waals surface area contributed by atoms with Crippen LogP contribution in [0.2, 0.25) is 0 Å². The lowest BCUT2D eigenvalue weighted by molar-refractivity contribution is -0.0339. The zero-order chi connectivity index (χ0) is 16.9. The standard InChI is InChI=1S/C19H30N2S/c1-13(2)19(18(3,4)5)16(21(8)17(19)22)14-9-11-15(12-10-14)20(6)7/h9-13,16H,1-8H3/t16-,19+/m1/s1. The molecule has 1 aromatic carbocycles. The van der Waals surface area contributed by atoms with E-state index in [2.05, 4.69) is 89.8 Å². The lowest BCUT2D eigenvalue weighted by Gasteiger charge is -2.65. The molecule has 2 atom stereocenters. The van der Waals surface area contributed by atoms with Crippen molar-refractivity contribution in [3.05, 3.63) is 29.8 Å². The second kappa shape index (κ2) is 5.52. The molecule has 1 aliphatic rings. The molecule has 2 nitrogen and oxygen atoms in total. The van der Waals surface area contributed by atoms with Gasteiger partial charge in [-0.1, -0.05) is 59.0 Å². The van der Waals surface area contributed by atoms with Crippen molar-refractivity contribution in [2.45, 2.75) is 40.7 Å². The summed E-state index contributed by atoms with van der Waals surface area (Å²) in [5.74, 6) is 0.509. The van der Waals surface area contributed by atoms with Crippen LogP contribution in [0, 0.1) is 16.7 Å². The van der Waals surface area contributed by atoms with Gasteiger partial charge in [-0.2, -0.15) is 0 Å². The predicted octanol–water partition coefficient (Wildman–Crippen LogP) is 4.76. The molecule has 122 valence electrons. The van der Waals surface area contributed by atoms with Gasteiger partial charge in [0.2, 0.25) is 0 Å². The van der Waals surface area contributed by atoms with Crippen molar-refractivity contribution in [1.29, 1.82) is 0 Å². The van der Waals surface area contributed by atoms with Crippen molar-refractivity contribution < 1.29 is 0 Å². The molecular weight excluding hydrogens is 288 g/mol. The van der Waals surface area contributed by atoms with E-state index in [9.17, 15) is 0 Å². The van der Waals surface area contributed by atoms with Crippen molar-refractivity contribution in [3.8, 4) is 0 Å². The molecule has 0 radical (unpaired) electrons. The Morgan fingerprint density at radius 3 is 2.00 bits per heavy atom. The molecule has 1 aromatic rings. The second-order valence-electron chi connectivity index (χ2n) is 8.08. The number of nitrogens with zero attached hydrogens (tertiary/aromatic N) is 2. The number of likely N-dealkylation sites (tertiary alicyclic amines) is 1. The van der Waals surface area contributed by atoms with Crippen LogP contribution < -0.4 is 4.90 Å². The van der Waals surface area contributed by atoms with Crippen molar-refractivity contribution in [1.82, 2.24) is 4.90 Å². The average Bonchev–Trinajstić information content (AvgIpc) is 2.41. The highest BCUT2D eigenvalue weighted by atomic mass is 32.1. The summed E-state index contributed by atoms with van der Waals surface area (Å²) in [6.45, 7) is 11.6. The normalized spacial score (nSPS) is 25.4. The first kappa shape index (κ1) is 17.3. The molecule has 1 saturated heterocycles. The molecule has 0 bridgehead atoms. The summed E-state index contributed by atoms with van der Waals surface area (Å²) < 4.78 is 0. The maximum Gasteiger partial charge on any atom is 0.0877 e. The third-order valence-electron chi connectivity index (χ3n) is 5.37. The van der Waals surface area contributed by atoms with Crippen molar-refractivity contribution in [2.24, 2.45) is 16.7 Å². The van der Waals surface area contributed by atoms with E-state index in [1.54, 1.807) is 0 Å². The Morgan fingerprint density at radius 2 is 1.64 bits per heavy atom. The van der Waals surface area contributed by atoms with Gasteiger partial charge in [-0.05, 0) is 29.0 Å². The molecule has 0 aromatic heterocycles. The van der Waals surface area contributed by atoms with Crippen molar-refractivity contribution >= 4 is 22.9 Å². The molecule has 0 amide bonds. The van der Waals surface area contributed by atoms with Crippen LogP contribution in [0.1, 0.15) is 46.2 Å². The molecule has 2 rings (SSSR count). The first-order chi connectivity index (χ1) is 10.0. The summed E-state index contributed by atoms with van der Waals surface area (Å²) in [5, 5.41) is 0. The molecule has 0 saturated carbocycles. The van der Waals surface area contributed by atoms with E-state index in [1.807, 2.05) is 0 Å². The summed E-state index contributed by atoms with van der Waals surface area (Å²) in [7, 11) is 6.29. The Hall–Kier alpha value is -1.09. The van der Waals surface area contributed by atoms with Crippen LogP contribution in [0.4, 0.5) is 5.69 Å². The van der Waals surface area contributed by atoms with Gasteiger partial charge in [0.15, 0.2) is 0 Å². The third-order valence-corrected chi connectivity index (χ3v) is 6.00. The van der Waals surface area contributed by atoms with Crippen LogP contribution in [0.25, 0.3) is 0 Å². The van der Waals surface area contributed by atoms with Gasteiger partial charge < -0.3 is 9.80 Å². The van der Waals surface area contributed by atoms with Crippen molar-refractivity contribution in [2.75, 3.05) is 26.0 Å². The molecule has 0 unspecified atom stereocenters. The van der Waals surface area contributed by atoms with Gasteiger partial charge in [0, 0.05) is 26.8 Å². The SMILES string of the molecule is CC(C)[C@@]1(C(C)(C)C)C(=S)N(C)[C@@H]1c1ccc(N(C)C)cc1. The Balaban J connectivity index is 2.50. The van der Waals surface area contributed by atoms with E-state index in [0.717, 1.165) is 4.99 Å². The first-order valence-corrected chi connectivity index (χ1v) is 8.50. The van der Waals surface area contributed by atoms with Crippen LogP contribution >= 0.6 is 12.2 Å². The van der Waals surface area contributed by atoms with Gasteiger partial charge in [0.05, 0.1) is 16.4 Å². The lowest BCUT2D eigenvalue weighted by atomic mass is 9.50. The summed E-state index contributed by atoms with van der Waals surface area (Å²) in [4.78, 5) is 5.53. The third kappa shape index (κ3) is 2.25. The molecule has 0 N–H and O–H groups in total. The molecule has 1 fully saturated rings. The zero-order valence-electron chi connectivity index (χ0n) is 15.3. The second-order valence-corrected chi connectivity index (χ2v) is 8.46. The smallest absolute Gasteiger partial charge is 0.0877 e. The molecule has 22 heavy (non-hydrogen) atoms. The highest BCUT2D eigenvalue weighted by Gasteiger charge is 2.63. The van der Waals surface area contributed by atoms with Crippen LogP contribution in [0.15, 0.2) is 24.3 Å². The van der Waals surface area contributed by atoms with E-state index in [-0.39, 0.29) is 10.8 Å². The highest BCUT2D eigenvalue weighted by Crippen LogP contribution is 2.63. The largest absolute Gasteiger partial charge is 0.378 e. The molecular formula is C19H30N2S. The van der Waals surface area contributed by atoms with E-state index in [4.69, 9.17) is 12.2 Å². The minimum absolute atomic E-state index is 0.0384. The van der Waals surface area contributed by atoms with Gasteiger partial charge in [-0.3, -0.25) is 0 Å². The summed E-state index contributed by atoms with van der Waals surface area (Å²) in [6, 6.07) is 9.30. The summed E-state index contributed by atoms with van der Waals surface area (Å²) >= 11 is 5.83. The highest BCUT2D eigenvalue weighted by molar-refractivity contribution is 7.80. The Labute approximate surface area is 141 Å². The van der Waals surface area contributed by atoms with Crippen LogP contribution in [0.3, 0.4) is 0 Å². The molecule has 3 heteroatoms. The minimum Gasteiger partial charge on any atom is -0.378 e. The minimum atomic E-state index is 0.0384. The first-order valence-electron chi connectivity index (χ1n) is 8.09. The zero-order valence-corrected chi connectivity index (χ0v) is 16.1. The topological polar surface area (TPSA) is 6.48 Å². The molecule has 1 aliphatic heterocycles. The lowest BCUT2D eigenvalue weighted by Crippen LogP contribution is -2.68. The number of thiocarbonyl (C=S) groups is 1. The van der Waals surface area contributed by atoms with Crippen LogP contribution in [-0.2, 0) is 0 Å². The van der Waals surface area contributed by atoms with E-state index >= 15 is 0 Å². The fourth-order valence-corrected chi connectivity index (χ4v) is 5.13. The summed E-state index contributed by atoms with van der Waals surface area (Å²) in [5.41, 5.74) is 2.77. The van der Waals surface area contributed by atoms with Gasteiger partial charge in [-0.25, -0.2) is 0 Å². The van der Waals surface area contributed by atoms with E-state index < -0.39 is 0 Å². The Morgan fingerprint density at radius 1 is 1.14 bits per heavy atom. The Kier molecular flexibility index (Phi) is 4.33. The number of benzene rings is 1. The fraction of sp³-hybridized carbons (Fsp3) is 0.632. The molecule has 1 heterocycles. The van der Waals surface area contributed by atoms with Gasteiger partial charge in [0.25, 0.3) is 0 Å². The van der Waals surface area contributed by atoms with Gasteiger partial charge in [-0.15, -0.1) is 0 Å². The number of hydrogen-bond acceptors (Lipinski definition) is 2. The predicted molar refractivity (Wildman–Crippen MR) is 101 cm³/mol. The molecule has 0 spiro atoms. The van der Waals surface area contributed by atoms with E-state index in [1.165, 1.54) is 11.3 Å². The number of hydrogen-bond donors (Lipinski definition) is 0. The van der Waals surface area contributed by atoms with Crippen LogP contribution in [-0.4, -0.2) is 31.0 Å². The van der Waals surface area contributed by atoms with Gasteiger partial charge >= 0.3 is 0 Å². The number of rotatable bonds is 3. The summed E-state index contributed by atoms with van der Waals surface area (Å²) in [6.07, 6.45) is 0.